The van der Waals surface area contributed by atoms with Gasteiger partial charge in [-0.05, 0) is 42.9 Å². The highest BCUT2D eigenvalue weighted by Gasteiger charge is 2.14. The zero-order valence-electron chi connectivity index (χ0n) is 13.3. The maximum Gasteiger partial charge on any atom is 0.337 e. The van der Waals surface area contributed by atoms with Crippen molar-refractivity contribution in [3.63, 3.8) is 0 Å². The van der Waals surface area contributed by atoms with Gasteiger partial charge in [-0.2, -0.15) is 0 Å². The lowest BCUT2D eigenvalue weighted by Gasteiger charge is -2.21. The van der Waals surface area contributed by atoms with E-state index in [9.17, 15) is 9.59 Å². The van der Waals surface area contributed by atoms with Crippen molar-refractivity contribution in [2.75, 3.05) is 13.7 Å². The Morgan fingerprint density at radius 3 is 2.45 bits per heavy atom. The van der Waals surface area contributed by atoms with E-state index < -0.39 is 0 Å². The van der Waals surface area contributed by atoms with E-state index in [1.54, 1.807) is 12.1 Å². The lowest BCUT2D eigenvalue weighted by atomic mass is 9.89. The summed E-state index contributed by atoms with van der Waals surface area (Å²) in [5.41, 5.74) is 1.59. The number of aryl methyl sites for hydroxylation is 1. The third-order valence-electron chi connectivity index (χ3n) is 4.33. The first-order chi connectivity index (χ1) is 10.7. The van der Waals surface area contributed by atoms with Gasteiger partial charge in [0, 0.05) is 13.0 Å². The molecule has 1 amide bonds. The number of nitrogens with one attached hydrogen (secondary N) is 1. The summed E-state index contributed by atoms with van der Waals surface area (Å²) in [5, 5.41) is 3.05. The highest BCUT2D eigenvalue weighted by atomic mass is 16.5. The number of esters is 1. The van der Waals surface area contributed by atoms with E-state index in [-0.39, 0.29) is 11.9 Å². The smallest absolute Gasteiger partial charge is 0.337 e. The number of rotatable bonds is 6. The predicted octanol–water partition coefficient (Wildman–Crippen LogP) is 3.10. The van der Waals surface area contributed by atoms with Crippen LogP contribution in [0.25, 0.3) is 0 Å². The summed E-state index contributed by atoms with van der Waals surface area (Å²) in [4.78, 5) is 23.2. The van der Waals surface area contributed by atoms with Crippen LogP contribution >= 0.6 is 0 Å². The Labute approximate surface area is 132 Å². The van der Waals surface area contributed by atoms with E-state index in [1.807, 2.05) is 12.1 Å². The molecule has 0 radical (unpaired) electrons. The standard InChI is InChI=1S/C18H25NO3/c1-22-18(21)16-10-7-14(8-11-16)9-12-17(20)19-13-15-5-3-2-4-6-15/h7-8,10-11,15H,2-6,9,12-13H2,1H3,(H,19,20). The van der Waals surface area contributed by atoms with Crippen LogP contribution in [0.1, 0.15) is 54.4 Å². The van der Waals surface area contributed by atoms with E-state index in [1.165, 1.54) is 39.2 Å². The highest BCUT2D eigenvalue weighted by molar-refractivity contribution is 5.89. The van der Waals surface area contributed by atoms with Gasteiger partial charge in [0.1, 0.15) is 0 Å². The first-order valence-electron chi connectivity index (χ1n) is 8.13. The van der Waals surface area contributed by atoms with Crippen molar-refractivity contribution >= 4 is 11.9 Å². The van der Waals surface area contributed by atoms with Crippen LogP contribution in [0, 0.1) is 5.92 Å². The predicted molar refractivity (Wildman–Crippen MR) is 85.7 cm³/mol. The topological polar surface area (TPSA) is 55.4 Å². The van der Waals surface area contributed by atoms with Crippen LogP contribution in [0.3, 0.4) is 0 Å². The minimum Gasteiger partial charge on any atom is -0.465 e. The van der Waals surface area contributed by atoms with Crippen LogP contribution in [0.4, 0.5) is 0 Å². The largest absolute Gasteiger partial charge is 0.465 e. The fourth-order valence-corrected chi connectivity index (χ4v) is 2.92. The molecule has 0 saturated heterocycles. The summed E-state index contributed by atoms with van der Waals surface area (Å²) in [7, 11) is 1.37. The van der Waals surface area contributed by atoms with Gasteiger partial charge in [0.2, 0.25) is 5.91 Å². The van der Waals surface area contributed by atoms with Crippen molar-refractivity contribution in [2.45, 2.75) is 44.9 Å². The number of ether oxygens (including phenoxy) is 1. The molecule has 1 N–H and O–H groups in total. The van der Waals surface area contributed by atoms with E-state index >= 15 is 0 Å². The van der Waals surface area contributed by atoms with E-state index in [0.717, 1.165) is 12.1 Å². The zero-order valence-corrected chi connectivity index (χ0v) is 13.3. The molecule has 0 spiro atoms. The first kappa shape index (κ1) is 16.5. The number of carbonyl (C=O) groups excluding carboxylic acids is 2. The summed E-state index contributed by atoms with van der Waals surface area (Å²) < 4.78 is 4.66. The van der Waals surface area contributed by atoms with Gasteiger partial charge >= 0.3 is 5.97 Å². The minimum absolute atomic E-state index is 0.114. The third kappa shape index (κ3) is 5.17. The van der Waals surface area contributed by atoms with Crippen LogP contribution in [0.2, 0.25) is 0 Å². The Hall–Kier alpha value is -1.84. The fraction of sp³-hybridized carbons (Fsp3) is 0.556. The second-order valence-electron chi connectivity index (χ2n) is 6.00. The molecule has 22 heavy (non-hydrogen) atoms. The molecule has 120 valence electrons. The molecule has 0 unspecified atom stereocenters. The molecule has 0 aromatic heterocycles. The molecule has 0 heterocycles. The Bertz CT molecular complexity index is 490. The zero-order chi connectivity index (χ0) is 15.8. The van der Waals surface area contributed by atoms with Crippen molar-refractivity contribution < 1.29 is 14.3 Å². The minimum atomic E-state index is -0.336. The van der Waals surface area contributed by atoms with E-state index in [4.69, 9.17) is 0 Å². The average molecular weight is 303 g/mol. The monoisotopic (exact) mass is 303 g/mol. The van der Waals surface area contributed by atoms with Crippen LogP contribution in [-0.4, -0.2) is 25.5 Å². The first-order valence-corrected chi connectivity index (χ1v) is 8.13. The molecule has 1 aromatic rings. The number of benzene rings is 1. The highest BCUT2D eigenvalue weighted by Crippen LogP contribution is 2.22. The summed E-state index contributed by atoms with van der Waals surface area (Å²) >= 11 is 0. The molecule has 1 saturated carbocycles. The Morgan fingerprint density at radius 1 is 1.14 bits per heavy atom. The van der Waals surface area contributed by atoms with Gasteiger partial charge in [-0.3, -0.25) is 4.79 Å². The number of amides is 1. The van der Waals surface area contributed by atoms with Crippen molar-refractivity contribution in [1.82, 2.24) is 5.32 Å². The van der Waals surface area contributed by atoms with Gasteiger partial charge in [0.05, 0.1) is 12.7 Å². The van der Waals surface area contributed by atoms with Gasteiger partial charge in [-0.1, -0.05) is 31.4 Å². The summed E-state index contributed by atoms with van der Waals surface area (Å²) in [5.74, 6) is 0.441. The lowest BCUT2D eigenvalue weighted by molar-refractivity contribution is -0.121. The van der Waals surface area contributed by atoms with Crippen molar-refractivity contribution in [1.29, 1.82) is 0 Å². The molecule has 0 aliphatic heterocycles. The van der Waals surface area contributed by atoms with E-state index in [2.05, 4.69) is 10.1 Å². The second-order valence-corrected chi connectivity index (χ2v) is 6.00. The second kappa shape index (κ2) is 8.57. The van der Waals surface area contributed by atoms with E-state index in [0.29, 0.717) is 24.3 Å². The molecule has 0 bridgehead atoms. The van der Waals surface area contributed by atoms with Crippen LogP contribution < -0.4 is 5.32 Å². The van der Waals surface area contributed by atoms with Gasteiger partial charge < -0.3 is 10.1 Å². The SMILES string of the molecule is COC(=O)c1ccc(CCC(=O)NCC2CCCCC2)cc1. The molecule has 4 nitrogen and oxygen atoms in total. The average Bonchev–Trinajstić information content (AvgIpc) is 2.58. The van der Waals surface area contributed by atoms with Crippen LogP contribution in [-0.2, 0) is 16.0 Å². The lowest BCUT2D eigenvalue weighted by Crippen LogP contribution is -2.30. The molecule has 1 aliphatic carbocycles. The molecule has 2 rings (SSSR count). The Balaban J connectivity index is 1.70. The molecular formula is C18H25NO3. The molecular weight excluding hydrogens is 278 g/mol. The summed E-state index contributed by atoms with van der Waals surface area (Å²) in [6.45, 7) is 0.820. The maximum absolute atomic E-state index is 11.9. The summed E-state index contributed by atoms with van der Waals surface area (Å²) in [6, 6.07) is 7.23. The normalized spacial score (nSPS) is 15.3. The number of methoxy groups -OCH3 is 1. The Morgan fingerprint density at radius 2 is 1.82 bits per heavy atom. The molecule has 4 heteroatoms. The Kier molecular flexibility index (Phi) is 6.44. The van der Waals surface area contributed by atoms with Crippen LogP contribution in [0.5, 0.6) is 0 Å². The van der Waals surface area contributed by atoms with Crippen molar-refractivity contribution in [2.24, 2.45) is 5.92 Å². The number of hydrogen-bond donors (Lipinski definition) is 1. The van der Waals surface area contributed by atoms with Gasteiger partial charge in [-0.15, -0.1) is 0 Å². The van der Waals surface area contributed by atoms with Gasteiger partial charge in [-0.25, -0.2) is 4.79 Å². The number of carbonyl (C=O) groups is 2. The van der Waals surface area contributed by atoms with Crippen LogP contribution in [0.15, 0.2) is 24.3 Å². The molecule has 0 atom stereocenters. The molecule has 1 fully saturated rings. The molecule has 1 aromatic carbocycles. The number of hydrogen-bond acceptors (Lipinski definition) is 3. The van der Waals surface area contributed by atoms with Gasteiger partial charge in [0.25, 0.3) is 0 Å². The van der Waals surface area contributed by atoms with Gasteiger partial charge in [0.15, 0.2) is 0 Å². The summed E-state index contributed by atoms with van der Waals surface area (Å²) in [6.07, 6.45) is 7.61. The van der Waals surface area contributed by atoms with Crippen molar-refractivity contribution in [3.8, 4) is 0 Å². The molecule has 1 aliphatic rings. The maximum atomic E-state index is 11.9. The fourth-order valence-electron chi connectivity index (χ4n) is 2.92. The quantitative estimate of drug-likeness (QED) is 0.822. The third-order valence-corrected chi connectivity index (χ3v) is 4.33. The van der Waals surface area contributed by atoms with Crippen molar-refractivity contribution in [3.05, 3.63) is 35.4 Å².